The van der Waals surface area contributed by atoms with Crippen LogP contribution in [-0.4, -0.2) is 48.0 Å². The van der Waals surface area contributed by atoms with Crippen molar-refractivity contribution in [3.05, 3.63) is 59.7 Å². The maximum Gasteiger partial charge on any atom is 0.306 e. The Bertz CT molecular complexity index is 925. The minimum Gasteiger partial charge on any atom is -0.456 e. The maximum atomic E-state index is 12.3. The molecule has 1 aliphatic rings. The second-order valence-electron chi connectivity index (χ2n) is 6.32. The molecule has 0 saturated heterocycles. The van der Waals surface area contributed by atoms with Crippen molar-refractivity contribution in [3.63, 3.8) is 0 Å². The average molecular weight is 412 g/mol. The van der Waals surface area contributed by atoms with E-state index in [4.69, 9.17) is 4.74 Å². The van der Waals surface area contributed by atoms with Crippen molar-refractivity contribution in [1.29, 1.82) is 0 Å². The molecule has 29 heavy (non-hydrogen) atoms. The van der Waals surface area contributed by atoms with Crippen molar-refractivity contribution < 1.29 is 23.9 Å². The monoisotopic (exact) mass is 412 g/mol. The predicted molar refractivity (Wildman–Crippen MR) is 109 cm³/mol. The number of ether oxygens (including phenoxy) is 1. The van der Waals surface area contributed by atoms with Gasteiger partial charge in [0, 0.05) is 17.9 Å². The Morgan fingerprint density at radius 2 is 1.62 bits per heavy atom. The van der Waals surface area contributed by atoms with Crippen LogP contribution in [0.15, 0.2) is 53.4 Å². The minimum absolute atomic E-state index is 0.00207. The standard InChI is InChI=1S/C21H20N2O5S/c1-29-17-10-5-4-9-16(17)22-18(24)13-28-19(25)11-6-12-23-20(26)14-7-2-3-8-15(14)21(23)27/h2-5,7-10H,6,11-13H2,1H3,(H,22,24). The number of carbonyl (C=O) groups is 4. The topological polar surface area (TPSA) is 92.8 Å². The van der Waals surface area contributed by atoms with Gasteiger partial charge in [0.1, 0.15) is 0 Å². The Balaban J connectivity index is 1.41. The van der Waals surface area contributed by atoms with Gasteiger partial charge in [0.2, 0.25) is 0 Å². The highest BCUT2D eigenvalue weighted by atomic mass is 32.2. The molecule has 1 aliphatic heterocycles. The molecule has 150 valence electrons. The first kappa shape index (κ1) is 20.6. The smallest absolute Gasteiger partial charge is 0.306 e. The largest absolute Gasteiger partial charge is 0.456 e. The van der Waals surface area contributed by atoms with Gasteiger partial charge in [0.25, 0.3) is 17.7 Å². The van der Waals surface area contributed by atoms with Crippen molar-refractivity contribution in [2.45, 2.75) is 17.7 Å². The quantitative estimate of drug-likeness (QED) is 0.407. The molecular weight excluding hydrogens is 392 g/mol. The second kappa shape index (κ2) is 9.38. The van der Waals surface area contributed by atoms with E-state index in [9.17, 15) is 19.2 Å². The van der Waals surface area contributed by atoms with Gasteiger partial charge in [-0.3, -0.25) is 24.1 Å². The molecule has 0 atom stereocenters. The Kier molecular flexibility index (Phi) is 6.66. The molecule has 0 fully saturated rings. The van der Waals surface area contributed by atoms with Gasteiger partial charge in [-0.25, -0.2) is 0 Å². The molecular formula is C21H20N2O5S. The van der Waals surface area contributed by atoms with Crippen LogP contribution in [0.3, 0.4) is 0 Å². The number of rotatable bonds is 8. The van der Waals surface area contributed by atoms with E-state index < -0.39 is 18.5 Å². The number of imide groups is 1. The first-order valence-electron chi connectivity index (χ1n) is 9.05. The van der Waals surface area contributed by atoms with Gasteiger partial charge in [-0.05, 0) is 36.9 Å². The third kappa shape index (κ3) is 4.83. The number of amides is 3. The normalized spacial score (nSPS) is 12.7. The third-order valence-corrected chi connectivity index (χ3v) is 5.18. The zero-order chi connectivity index (χ0) is 20.8. The predicted octanol–water partition coefficient (Wildman–Crippen LogP) is 2.97. The van der Waals surface area contributed by atoms with Gasteiger partial charge < -0.3 is 10.1 Å². The minimum atomic E-state index is -0.560. The average Bonchev–Trinajstić information content (AvgIpc) is 2.98. The number of nitrogens with zero attached hydrogens (tertiary/aromatic N) is 1. The van der Waals surface area contributed by atoms with Crippen LogP contribution in [0.5, 0.6) is 0 Å². The maximum absolute atomic E-state index is 12.3. The lowest BCUT2D eigenvalue weighted by atomic mass is 10.1. The molecule has 3 amide bonds. The van der Waals surface area contributed by atoms with E-state index in [0.29, 0.717) is 16.8 Å². The SMILES string of the molecule is CSc1ccccc1NC(=O)COC(=O)CCCN1C(=O)c2ccccc2C1=O. The molecule has 0 aliphatic carbocycles. The number of carbonyl (C=O) groups excluding carboxylic acids is 4. The molecule has 0 spiro atoms. The number of benzene rings is 2. The number of esters is 1. The number of para-hydroxylation sites is 1. The summed E-state index contributed by atoms with van der Waals surface area (Å²) in [7, 11) is 0. The Hall–Kier alpha value is -3.13. The molecule has 0 aromatic heterocycles. The molecule has 8 heteroatoms. The molecule has 2 aromatic carbocycles. The Morgan fingerprint density at radius 1 is 1.00 bits per heavy atom. The van der Waals surface area contributed by atoms with Gasteiger partial charge in [-0.1, -0.05) is 24.3 Å². The molecule has 1 N–H and O–H groups in total. The second-order valence-corrected chi connectivity index (χ2v) is 7.17. The number of hydrogen-bond acceptors (Lipinski definition) is 6. The lowest BCUT2D eigenvalue weighted by Gasteiger charge is -2.13. The van der Waals surface area contributed by atoms with E-state index in [1.807, 2.05) is 18.4 Å². The molecule has 7 nitrogen and oxygen atoms in total. The molecule has 2 aromatic rings. The summed E-state index contributed by atoms with van der Waals surface area (Å²) < 4.78 is 4.98. The summed E-state index contributed by atoms with van der Waals surface area (Å²) in [5.41, 5.74) is 1.41. The summed E-state index contributed by atoms with van der Waals surface area (Å²) in [5, 5.41) is 2.70. The van der Waals surface area contributed by atoms with E-state index in [0.717, 1.165) is 9.80 Å². The van der Waals surface area contributed by atoms with Crippen molar-refractivity contribution in [2.24, 2.45) is 0 Å². The van der Waals surface area contributed by atoms with Gasteiger partial charge in [0.15, 0.2) is 6.61 Å². The van der Waals surface area contributed by atoms with Crippen molar-refractivity contribution in [2.75, 3.05) is 24.7 Å². The van der Waals surface area contributed by atoms with E-state index in [2.05, 4.69) is 5.32 Å². The van der Waals surface area contributed by atoms with Crippen LogP contribution in [0.4, 0.5) is 5.69 Å². The van der Waals surface area contributed by atoms with E-state index in [1.165, 1.54) is 11.8 Å². The van der Waals surface area contributed by atoms with Crippen LogP contribution in [0.1, 0.15) is 33.6 Å². The van der Waals surface area contributed by atoms with Gasteiger partial charge in [-0.15, -0.1) is 11.8 Å². The number of thioether (sulfide) groups is 1. The summed E-state index contributed by atoms with van der Waals surface area (Å²) in [4.78, 5) is 50.4. The summed E-state index contributed by atoms with van der Waals surface area (Å²) in [5.74, 6) is -1.70. The third-order valence-electron chi connectivity index (χ3n) is 4.39. The first-order valence-corrected chi connectivity index (χ1v) is 10.3. The molecule has 0 saturated carbocycles. The molecule has 3 rings (SSSR count). The summed E-state index contributed by atoms with van der Waals surface area (Å²) >= 11 is 1.50. The molecule has 0 bridgehead atoms. The lowest BCUT2D eigenvalue weighted by molar-refractivity contribution is -0.147. The van der Waals surface area contributed by atoms with Crippen LogP contribution in [0.2, 0.25) is 0 Å². The molecule has 0 unspecified atom stereocenters. The highest BCUT2D eigenvalue weighted by Gasteiger charge is 2.34. The van der Waals surface area contributed by atoms with Crippen LogP contribution in [0, 0.1) is 0 Å². The van der Waals surface area contributed by atoms with Crippen LogP contribution in [0.25, 0.3) is 0 Å². The van der Waals surface area contributed by atoms with E-state index >= 15 is 0 Å². The Labute approximate surface area is 172 Å². The Morgan fingerprint density at radius 3 is 2.28 bits per heavy atom. The zero-order valence-electron chi connectivity index (χ0n) is 15.8. The van der Waals surface area contributed by atoms with Crippen LogP contribution < -0.4 is 5.32 Å². The van der Waals surface area contributed by atoms with Crippen LogP contribution in [-0.2, 0) is 14.3 Å². The molecule has 1 heterocycles. The summed E-state index contributed by atoms with van der Waals surface area (Å²) in [6.45, 7) is -0.274. The van der Waals surface area contributed by atoms with E-state index in [1.54, 1.807) is 36.4 Å². The fraction of sp³-hybridized carbons (Fsp3) is 0.238. The molecule has 0 radical (unpaired) electrons. The highest BCUT2D eigenvalue weighted by molar-refractivity contribution is 7.98. The number of anilines is 1. The number of nitrogens with one attached hydrogen (secondary N) is 1. The van der Waals surface area contributed by atoms with E-state index in [-0.39, 0.29) is 31.2 Å². The van der Waals surface area contributed by atoms with Crippen molar-refractivity contribution >= 4 is 41.1 Å². The first-order chi connectivity index (χ1) is 14.0. The number of hydrogen-bond donors (Lipinski definition) is 1. The summed E-state index contributed by atoms with van der Waals surface area (Å²) in [6.07, 6.45) is 2.17. The highest BCUT2D eigenvalue weighted by Crippen LogP contribution is 2.24. The van der Waals surface area contributed by atoms with Crippen molar-refractivity contribution in [3.8, 4) is 0 Å². The number of fused-ring (bicyclic) bond motifs is 1. The zero-order valence-corrected chi connectivity index (χ0v) is 16.7. The van der Waals surface area contributed by atoms with Gasteiger partial charge >= 0.3 is 5.97 Å². The van der Waals surface area contributed by atoms with Crippen molar-refractivity contribution in [1.82, 2.24) is 4.90 Å². The van der Waals surface area contributed by atoms with Gasteiger partial charge in [0.05, 0.1) is 16.8 Å². The van der Waals surface area contributed by atoms with Gasteiger partial charge in [-0.2, -0.15) is 0 Å². The summed E-state index contributed by atoms with van der Waals surface area (Å²) in [6, 6.07) is 14.0. The fourth-order valence-corrected chi connectivity index (χ4v) is 3.53. The fourth-order valence-electron chi connectivity index (χ4n) is 2.98. The van der Waals surface area contributed by atoms with Crippen LogP contribution >= 0.6 is 11.8 Å². The lowest BCUT2D eigenvalue weighted by Crippen LogP contribution is -2.31.